The lowest BCUT2D eigenvalue weighted by atomic mass is 9.92. The van der Waals surface area contributed by atoms with E-state index in [4.69, 9.17) is 21.0 Å². The minimum atomic E-state index is 0.0243. The number of hydrogen-bond donors (Lipinski definition) is 0. The number of carbonyl (C=O) groups is 2. The van der Waals surface area contributed by atoms with Gasteiger partial charge in [-0.2, -0.15) is 21.0 Å². The van der Waals surface area contributed by atoms with Crippen molar-refractivity contribution in [1.82, 2.24) is 0 Å². The predicted molar refractivity (Wildman–Crippen MR) is 265 cm³/mol. The second-order valence-electron chi connectivity index (χ2n) is 15.5. The summed E-state index contributed by atoms with van der Waals surface area (Å²) in [5.41, 5.74) is 4.01. The molecule has 6 heteroatoms. The van der Waals surface area contributed by atoms with Crippen molar-refractivity contribution < 1.29 is 9.59 Å². The van der Waals surface area contributed by atoms with Gasteiger partial charge in [0, 0.05) is 11.1 Å². The molecule has 6 nitrogen and oxygen atoms in total. The van der Waals surface area contributed by atoms with Gasteiger partial charge in [0.25, 0.3) is 0 Å². The van der Waals surface area contributed by atoms with Crippen LogP contribution in [0.15, 0.2) is 194 Å². The molecule has 0 saturated carbocycles. The Morgan fingerprint density at radius 2 is 0.636 bits per heavy atom. The number of hydrogen-bond acceptors (Lipinski definition) is 6. The molecule has 0 saturated heterocycles. The maximum Gasteiger partial charge on any atom is 0.185 e. The van der Waals surface area contributed by atoms with Crippen LogP contribution in [0.3, 0.4) is 0 Å². The minimum Gasteiger partial charge on any atom is -0.289 e. The Labute approximate surface area is 380 Å². The zero-order valence-electron chi connectivity index (χ0n) is 35.2. The highest BCUT2D eigenvalue weighted by Gasteiger charge is 2.12. The maximum atomic E-state index is 12.4. The van der Waals surface area contributed by atoms with Crippen LogP contribution in [-0.2, 0) is 0 Å². The van der Waals surface area contributed by atoms with E-state index in [1.807, 2.05) is 72.8 Å². The molecule has 66 heavy (non-hydrogen) atoms. The van der Waals surface area contributed by atoms with Crippen molar-refractivity contribution in [3.8, 4) is 24.3 Å². The lowest BCUT2D eigenvalue weighted by Gasteiger charge is -2.12. The molecule has 0 bridgehead atoms. The maximum absolute atomic E-state index is 12.4. The molecule has 11 aromatic carbocycles. The van der Waals surface area contributed by atoms with Gasteiger partial charge in [-0.05, 0) is 100 Å². The molecule has 0 aliphatic heterocycles. The van der Waals surface area contributed by atoms with Crippen molar-refractivity contribution in [3.05, 3.63) is 239 Å². The van der Waals surface area contributed by atoms with Gasteiger partial charge < -0.3 is 0 Å². The van der Waals surface area contributed by atoms with Crippen molar-refractivity contribution in [1.29, 1.82) is 21.0 Å². The third kappa shape index (κ3) is 8.06. The average molecular weight is 843 g/mol. The molecular weight excluding hydrogens is 809 g/mol. The summed E-state index contributed by atoms with van der Waals surface area (Å²) in [6.45, 7) is 0. The lowest BCUT2D eigenvalue weighted by molar-refractivity contribution is 0.103. The van der Waals surface area contributed by atoms with E-state index >= 15 is 0 Å². The fourth-order valence-electron chi connectivity index (χ4n) is 8.50. The number of nitriles is 4. The molecule has 0 aliphatic rings. The zero-order chi connectivity index (χ0) is 45.6. The number of allylic oxidation sites excluding steroid dienone is 2. The zero-order valence-corrected chi connectivity index (χ0v) is 35.2. The van der Waals surface area contributed by atoms with E-state index in [-0.39, 0.29) is 33.8 Å². The first-order valence-corrected chi connectivity index (χ1v) is 21.1. The average Bonchev–Trinajstić information content (AvgIpc) is 3.38. The largest absolute Gasteiger partial charge is 0.289 e. The van der Waals surface area contributed by atoms with Gasteiger partial charge in [0.1, 0.15) is 24.3 Å². The van der Waals surface area contributed by atoms with Crippen LogP contribution in [0.1, 0.15) is 54.1 Å². The number of nitrogens with zero attached hydrogens (tertiary/aromatic N) is 4. The van der Waals surface area contributed by atoms with Crippen molar-refractivity contribution in [2.45, 2.75) is 0 Å². The van der Waals surface area contributed by atoms with Crippen molar-refractivity contribution in [2.75, 3.05) is 0 Å². The van der Waals surface area contributed by atoms with Gasteiger partial charge in [-0.25, -0.2) is 0 Å². The van der Waals surface area contributed by atoms with Crippen molar-refractivity contribution >= 4 is 88.4 Å². The Morgan fingerprint density at radius 3 is 0.970 bits per heavy atom. The fourth-order valence-corrected chi connectivity index (χ4v) is 8.50. The van der Waals surface area contributed by atoms with Gasteiger partial charge in [-0.15, -0.1) is 0 Å². The van der Waals surface area contributed by atoms with E-state index in [0.29, 0.717) is 11.1 Å². The van der Waals surface area contributed by atoms with Crippen LogP contribution in [-0.4, -0.2) is 11.6 Å². The van der Waals surface area contributed by atoms with Crippen LogP contribution in [0, 0.1) is 45.3 Å². The monoisotopic (exact) mass is 842 g/mol. The molecule has 0 amide bonds. The Bertz CT molecular complexity index is 3560. The quantitative estimate of drug-likeness (QED) is 0.0931. The van der Waals surface area contributed by atoms with Crippen molar-refractivity contribution in [2.24, 2.45) is 0 Å². The van der Waals surface area contributed by atoms with Crippen molar-refractivity contribution in [3.63, 3.8) is 0 Å². The third-order valence-electron chi connectivity index (χ3n) is 11.7. The van der Waals surface area contributed by atoms with Gasteiger partial charge in [0.2, 0.25) is 0 Å². The Kier molecular flexibility index (Phi) is 11.6. The molecule has 0 radical (unpaired) electrons. The highest BCUT2D eigenvalue weighted by atomic mass is 16.1. The van der Waals surface area contributed by atoms with Gasteiger partial charge in [0.15, 0.2) is 11.6 Å². The molecule has 0 unspecified atom stereocenters. The second-order valence-corrected chi connectivity index (χ2v) is 15.5. The molecule has 0 N–H and O–H groups in total. The lowest BCUT2D eigenvalue weighted by Crippen LogP contribution is -1.93. The summed E-state index contributed by atoms with van der Waals surface area (Å²) in [7, 11) is 0. The molecule has 0 spiro atoms. The minimum absolute atomic E-state index is 0.0243. The van der Waals surface area contributed by atoms with Gasteiger partial charge in [-0.1, -0.05) is 182 Å². The van der Waals surface area contributed by atoms with E-state index in [0.717, 1.165) is 11.1 Å². The molecule has 0 heterocycles. The normalized spacial score (nSPS) is 11.0. The summed E-state index contributed by atoms with van der Waals surface area (Å²) in [5, 5.41) is 49.5. The van der Waals surface area contributed by atoms with E-state index < -0.39 is 0 Å². The smallest absolute Gasteiger partial charge is 0.185 e. The molecule has 306 valence electrons. The number of carbonyl (C=O) groups excluding carboxylic acids is 2. The molecule has 0 aromatic heterocycles. The summed E-state index contributed by atoms with van der Waals surface area (Å²) in [5.74, 6) is 0.0487. The molecule has 0 atom stereocenters. The highest BCUT2D eigenvalue weighted by molar-refractivity contribution is 6.25. The first-order chi connectivity index (χ1) is 32.4. The fraction of sp³-hybridized carbons (Fsp3) is 0. The Morgan fingerprint density at radius 1 is 0.333 bits per heavy atom. The van der Waals surface area contributed by atoms with Crippen LogP contribution in [0.25, 0.3) is 76.8 Å². The van der Waals surface area contributed by atoms with Gasteiger partial charge in [0.05, 0.1) is 22.3 Å². The molecule has 11 aromatic rings. The molecule has 0 aliphatic carbocycles. The summed E-state index contributed by atoms with van der Waals surface area (Å²) >= 11 is 0. The first kappa shape index (κ1) is 41.6. The Hall–Kier alpha value is -9.72. The summed E-state index contributed by atoms with van der Waals surface area (Å²) in [4.78, 5) is 24.8. The number of benzene rings is 11. The number of rotatable bonds is 6. The van der Waals surface area contributed by atoms with Crippen LogP contribution in [0.4, 0.5) is 0 Å². The van der Waals surface area contributed by atoms with E-state index in [1.165, 1.54) is 76.8 Å². The van der Waals surface area contributed by atoms with Crippen LogP contribution < -0.4 is 0 Å². The van der Waals surface area contributed by atoms with E-state index in [9.17, 15) is 9.59 Å². The highest BCUT2D eigenvalue weighted by Crippen LogP contribution is 2.38. The molecule has 0 fully saturated rings. The van der Waals surface area contributed by atoms with Gasteiger partial charge >= 0.3 is 0 Å². The summed E-state index contributed by atoms with van der Waals surface area (Å²) in [6.07, 6.45) is 7.20. The molecule has 11 rings (SSSR count). The van der Waals surface area contributed by atoms with Crippen LogP contribution >= 0.6 is 0 Å². The summed E-state index contributed by atoms with van der Waals surface area (Å²) in [6, 6.07) is 67.1. The van der Waals surface area contributed by atoms with E-state index in [2.05, 4.69) is 109 Å². The first-order valence-electron chi connectivity index (χ1n) is 21.1. The summed E-state index contributed by atoms with van der Waals surface area (Å²) < 4.78 is 0. The number of ketones is 2. The van der Waals surface area contributed by atoms with Crippen LogP contribution in [0.2, 0.25) is 0 Å². The topological polar surface area (TPSA) is 129 Å². The predicted octanol–water partition coefficient (Wildman–Crippen LogP) is 14.1. The third-order valence-corrected chi connectivity index (χ3v) is 11.7. The Balaban J connectivity index is 0.000000131. The van der Waals surface area contributed by atoms with E-state index in [1.54, 1.807) is 36.4 Å². The standard InChI is InChI=1S/2C25H16O.C10H2N4/c2*26-23(18-5-2-1-3-6-18)16-14-17-9-10-21-12-11-19-7-4-8-20-13-15-22(17)25(21)24(19)20;11-3-7-1-8(4-12)10(6-14)2-9(7)5-13/h2*1-16H;1-2H/b2*16-14+;. The SMILES string of the molecule is N#Cc1cc(C#N)c(C#N)cc1C#N.O=C(/C=C/c1ccc2ccc3cccc4ccc1c2c34)c1ccccc1.O=C(/C=C/c1ccc2ccc3cccc4ccc1c2c34)c1ccccc1. The molecular formula is C60H34N4O2. The second kappa shape index (κ2) is 18.3. The van der Waals surface area contributed by atoms with Gasteiger partial charge in [-0.3, -0.25) is 9.59 Å². The van der Waals surface area contributed by atoms with Crippen LogP contribution in [0.5, 0.6) is 0 Å².